The van der Waals surface area contributed by atoms with E-state index in [0.29, 0.717) is 26.2 Å². The molecule has 1 aliphatic rings. The number of rotatable bonds is 3. The summed E-state index contributed by atoms with van der Waals surface area (Å²) in [5, 5.41) is 3.81. The molecule has 2 heterocycles. The van der Waals surface area contributed by atoms with Crippen molar-refractivity contribution in [3.8, 4) is 0 Å². The fourth-order valence-corrected chi connectivity index (χ4v) is 2.35. The lowest BCUT2D eigenvalue weighted by atomic mass is 10.2. The van der Waals surface area contributed by atoms with Gasteiger partial charge in [-0.1, -0.05) is 0 Å². The third-order valence-corrected chi connectivity index (χ3v) is 3.32. The number of hydrogen-bond acceptors (Lipinski definition) is 4. The van der Waals surface area contributed by atoms with E-state index < -0.39 is 5.38 Å². The standard InChI is InChI=1S/C12H19ClN4O2/c1-8(13)12(18)16-4-5-19-11(6-16)7-17-10(3)14-9(2)15-17/h8,11H,4-7H2,1-3H3. The van der Waals surface area contributed by atoms with Crippen LogP contribution in [0.1, 0.15) is 18.6 Å². The van der Waals surface area contributed by atoms with Crippen molar-refractivity contribution < 1.29 is 9.53 Å². The van der Waals surface area contributed by atoms with Crippen molar-refractivity contribution in [2.75, 3.05) is 19.7 Å². The Balaban J connectivity index is 1.98. The van der Waals surface area contributed by atoms with Gasteiger partial charge in [-0.2, -0.15) is 5.10 Å². The summed E-state index contributed by atoms with van der Waals surface area (Å²) in [5.41, 5.74) is 0. The first-order chi connectivity index (χ1) is 8.97. The predicted molar refractivity (Wildman–Crippen MR) is 71.1 cm³/mol. The van der Waals surface area contributed by atoms with E-state index in [0.717, 1.165) is 11.6 Å². The number of aromatic nitrogens is 3. The summed E-state index contributed by atoms with van der Waals surface area (Å²) in [6.07, 6.45) is -0.0621. The number of morpholine rings is 1. The lowest BCUT2D eigenvalue weighted by Gasteiger charge is -2.33. The summed E-state index contributed by atoms with van der Waals surface area (Å²) in [7, 11) is 0. The van der Waals surface area contributed by atoms with Crippen LogP contribution in [-0.4, -0.2) is 56.7 Å². The lowest BCUT2D eigenvalue weighted by Crippen LogP contribution is -2.49. The van der Waals surface area contributed by atoms with Crippen LogP contribution in [0, 0.1) is 13.8 Å². The van der Waals surface area contributed by atoms with Crippen LogP contribution in [0.2, 0.25) is 0 Å². The van der Waals surface area contributed by atoms with E-state index >= 15 is 0 Å². The SMILES string of the molecule is Cc1nc(C)n(CC2CN(C(=O)C(C)Cl)CCO2)n1. The minimum absolute atomic E-state index is 0.0403. The van der Waals surface area contributed by atoms with Crippen molar-refractivity contribution in [1.29, 1.82) is 0 Å². The Labute approximate surface area is 117 Å². The topological polar surface area (TPSA) is 60.2 Å². The van der Waals surface area contributed by atoms with Gasteiger partial charge >= 0.3 is 0 Å². The van der Waals surface area contributed by atoms with E-state index in [-0.39, 0.29) is 12.0 Å². The van der Waals surface area contributed by atoms with Crippen LogP contribution in [0.4, 0.5) is 0 Å². The maximum Gasteiger partial charge on any atom is 0.240 e. The molecule has 1 amide bonds. The van der Waals surface area contributed by atoms with Crippen molar-refractivity contribution in [3.05, 3.63) is 11.6 Å². The first-order valence-electron chi connectivity index (χ1n) is 6.40. The first-order valence-corrected chi connectivity index (χ1v) is 6.83. The Kier molecular flexibility index (Phi) is 4.42. The molecule has 1 aromatic heterocycles. The molecule has 1 fully saturated rings. The number of halogens is 1. The Morgan fingerprint density at radius 2 is 2.32 bits per heavy atom. The van der Waals surface area contributed by atoms with Crippen LogP contribution in [0.5, 0.6) is 0 Å². The van der Waals surface area contributed by atoms with E-state index in [2.05, 4.69) is 10.1 Å². The maximum atomic E-state index is 11.9. The average Bonchev–Trinajstić information content (AvgIpc) is 2.67. The molecule has 0 spiro atoms. The van der Waals surface area contributed by atoms with Crippen LogP contribution >= 0.6 is 11.6 Å². The molecule has 1 saturated heterocycles. The predicted octanol–water partition coefficient (Wildman–Crippen LogP) is 0.750. The minimum Gasteiger partial charge on any atom is -0.373 e. The molecule has 6 nitrogen and oxygen atoms in total. The van der Waals surface area contributed by atoms with E-state index in [1.165, 1.54) is 0 Å². The molecule has 0 aromatic carbocycles. The van der Waals surface area contributed by atoms with Crippen molar-refractivity contribution in [3.63, 3.8) is 0 Å². The van der Waals surface area contributed by atoms with Crippen molar-refractivity contribution in [1.82, 2.24) is 19.7 Å². The highest BCUT2D eigenvalue weighted by molar-refractivity contribution is 6.30. The molecule has 0 bridgehead atoms. The number of hydrogen-bond donors (Lipinski definition) is 0. The third-order valence-electron chi connectivity index (χ3n) is 3.13. The summed E-state index contributed by atoms with van der Waals surface area (Å²) < 4.78 is 7.50. The van der Waals surface area contributed by atoms with Gasteiger partial charge in [0.05, 0.1) is 19.3 Å². The number of nitrogens with zero attached hydrogens (tertiary/aromatic N) is 4. The molecule has 2 atom stereocenters. The molecule has 2 unspecified atom stereocenters. The summed E-state index contributed by atoms with van der Waals surface area (Å²) in [5.74, 6) is 1.56. The van der Waals surface area contributed by atoms with Gasteiger partial charge in [0.15, 0.2) is 0 Å². The Bertz CT molecular complexity index is 461. The highest BCUT2D eigenvalue weighted by Gasteiger charge is 2.27. The molecule has 1 aromatic rings. The lowest BCUT2D eigenvalue weighted by molar-refractivity contribution is -0.138. The van der Waals surface area contributed by atoms with Crippen molar-refractivity contribution >= 4 is 17.5 Å². The largest absolute Gasteiger partial charge is 0.373 e. The molecule has 1 aliphatic heterocycles. The minimum atomic E-state index is -0.492. The van der Waals surface area contributed by atoms with Gasteiger partial charge < -0.3 is 9.64 Å². The molecule has 19 heavy (non-hydrogen) atoms. The van der Waals surface area contributed by atoms with Gasteiger partial charge in [-0.3, -0.25) is 4.79 Å². The highest BCUT2D eigenvalue weighted by atomic mass is 35.5. The molecule has 7 heteroatoms. The molecule has 2 rings (SSSR count). The van der Waals surface area contributed by atoms with Crippen LogP contribution < -0.4 is 0 Å². The molecule has 0 radical (unpaired) electrons. The van der Waals surface area contributed by atoms with Crippen LogP contribution in [0.3, 0.4) is 0 Å². The van der Waals surface area contributed by atoms with Gasteiger partial charge in [-0.25, -0.2) is 9.67 Å². The van der Waals surface area contributed by atoms with Gasteiger partial charge in [-0.05, 0) is 20.8 Å². The normalized spacial score (nSPS) is 21.5. The van der Waals surface area contributed by atoms with E-state index in [1.807, 2.05) is 18.5 Å². The summed E-state index contributed by atoms with van der Waals surface area (Å²) in [6, 6.07) is 0. The van der Waals surface area contributed by atoms with Gasteiger partial charge in [0.2, 0.25) is 5.91 Å². The second-order valence-corrected chi connectivity index (χ2v) is 5.44. The molecular weight excluding hydrogens is 268 g/mol. The number of ether oxygens (including phenoxy) is 1. The number of carbonyl (C=O) groups is 1. The average molecular weight is 287 g/mol. The second kappa shape index (κ2) is 5.88. The number of carbonyl (C=O) groups excluding carboxylic acids is 1. The zero-order valence-electron chi connectivity index (χ0n) is 11.5. The Morgan fingerprint density at radius 1 is 1.58 bits per heavy atom. The number of alkyl halides is 1. The van der Waals surface area contributed by atoms with E-state index in [1.54, 1.807) is 11.8 Å². The van der Waals surface area contributed by atoms with Crippen LogP contribution in [-0.2, 0) is 16.1 Å². The van der Waals surface area contributed by atoms with Gasteiger partial charge in [0.25, 0.3) is 0 Å². The van der Waals surface area contributed by atoms with E-state index in [9.17, 15) is 4.79 Å². The van der Waals surface area contributed by atoms with Crippen molar-refractivity contribution in [2.45, 2.75) is 38.8 Å². The van der Waals surface area contributed by atoms with Gasteiger partial charge in [0, 0.05) is 13.1 Å². The molecule has 0 aliphatic carbocycles. The van der Waals surface area contributed by atoms with E-state index in [4.69, 9.17) is 16.3 Å². The quantitative estimate of drug-likeness (QED) is 0.770. The molecule has 106 valence electrons. The number of aryl methyl sites for hydroxylation is 2. The van der Waals surface area contributed by atoms with Crippen LogP contribution in [0.25, 0.3) is 0 Å². The van der Waals surface area contributed by atoms with Gasteiger partial charge in [-0.15, -0.1) is 11.6 Å². The van der Waals surface area contributed by atoms with Crippen LogP contribution in [0.15, 0.2) is 0 Å². The smallest absolute Gasteiger partial charge is 0.240 e. The maximum absolute atomic E-state index is 11.9. The fourth-order valence-electron chi connectivity index (χ4n) is 2.21. The van der Waals surface area contributed by atoms with Gasteiger partial charge in [0.1, 0.15) is 17.0 Å². The monoisotopic (exact) mass is 286 g/mol. The third kappa shape index (κ3) is 3.45. The summed E-state index contributed by atoms with van der Waals surface area (Å²) >= 11 is 5.84. The Hall–Kier alpha value is -1.14. The summed E-state index contributed by atoms with van der Waals surface area (Å²) in [6.45, 7) is 7.75. The zero-order valence-corrected chi connectivity index (χ0v) is 12.2. The molecule has 0 saturated carbocycles. The Morgan fingerprint density at radius 3 is 2.89 bits per heavy atom. The fraction of sp³-hybridized carbons (Fsp3) is 0.750. The number of amides is 1. The highest BCUT2D eigenvalue weighted by Crippen LogP contribution is 2.11. The molecule has 0 N–H and O–H groups in total. The first kappa shape index (κ1) is 14.3. The van der Waals surface area contributed by atoms with Crippen molar-refractivity contribution in [2.24, 2.45) is 0 Å². The molecular formula is C12H19ClN4O2. The summed E-state index contributed by atoms with van der Waals surface area (Å²) in [4.78, 5) is 17.9. The zero-order chi connectivity index (χ0) is 14.0. The second-order valence-electron chi connectivity index (χ2n) is 4.78.